The van der Waals surface area contributed by atoms with Gasteiger partial charge < -0.3 is 9.84 Å². The number of hydrogen-bond donors (Lipinski definition) is 1. The van der Waals surface area contributed by atoms with Crippen molar-refractivity contribution < 1.29 is 9.84 Å². The monoisotopic (exact) mass is 221 g/mol. The first-order valence-electron chi connectivity index (χ1n) is 5.67. The van der Waals surface area contributed by atoms with E-state index in [0.29, 0.717) is 0 Å². The van der Waals surface area contributed by atoms with Crippen LogP contribution in [0.3, 0.4) is 0 Å². The van der Waals surface area contributed by atoms with Crippen LogP contribution in [0.25, 0.3) is 0 Å². The molecular weight excluding hydrogens is 202 g/mol. The van der Waals surface area contributed by atoms with Crippen molar-refractivity contribution in [3.8, 4) is 5.75 Å². The zero-order chi connectivity index (χ0) is 11.6. The predicted octanol–water partition coefficient (Wildman–Crippen LogP) is 1.65. The molecule has 0 spiro atoms. The predicted molar refractivity (Wildman–Crippen MR) is 63.5 cm³/mol. The minimum Gasteiger partial charge on any atom is -0.497 e. The minimum absolute atomic E-state index is 0.515. The molecule has 0 amide bonds. The van der Waals surface area contributed by atoms with Crippen LogP contribution in [0.1, 0.15) is 18.9 Å². The molecule has 1 aliphatic heterocycles. The van der Waals surface area contributed by atoms with Crippen LogP contribution in [-0.4, -0.2) is 35.8 Å². The van der Waals surface area contributed by atoms with E-state index in [1.807, 2.05) is 25.1 Å². The van der Waals surface area contributed by atoms with Gasteiger partial charge in [-0.3, -0.25) is 4.90 Å². The Morgan fingerprint density at radius 3 is 2.94 bits per heavy atom. The van der Waals surface area contributed by atoms with E-state index in [4.69, 9.17) is 4.74 Å². The molecule has 0 aromatic heterocycles. The lowest BCUT2D eigenvalue weighted by atomic mass is 10.1. The van der Waals surface area contributed by atoms with Crippen LogP contribution in [0.4, 0.5) is 0 Å². The molecule has 88 valence electrons. The maximum Gasteiger partial charge on any atom is 0.119 e. The Labute approximate surface area is 96.6 Å². The topological polar surface area (TPSA) is 32.7 Å². The van der Waals surface area contributed by atoms with E-state index in [2.05, 4.69) is 11.0 Å². The maximum absolute atomic E-state index is 9.88. The molecule has 1 fully saturated rings. The van der Waals surface area contributed by atoms with Gasteiger partial charge in [0.05, 0.1) is 12.7 Å². The van der Waals surface area contributed by atoms with Gasteiger partial charge in [0.15, 0.2) is 0 Å². The summed E-state index contributed by atoms with van der Waals surface area (Å²) in [5.74, 6) is 0.892. The van der Waals surface area contributed by atoms with Crippen molar-refractivity contribution in [3.05, 3.63) is 29.8 Å². The molecule has 3 heteroatoms. The van der Waals surface area contributed by atoms with Gasteiger partial charge in [0, 0.05) is 19.6 Å². The van der Waals surface area contributed by atoms with Crippen molar-refractivity contribution in [2.24, 2.45) is 0 Å². The second-order valence-corrected chi connectivity index (χ2v) is 4.81. The molecule has 0 bridgehead atoms. The zero-order valence-corrected chi connectivity index (χ0v) is 9.94. The largest absolute Gasteiger partial charge is 0.497 e. The summed E-state index contributed by atoms with van der Waals surface area (Å²) < 4.78 is 5.19. The van der Waals surface area contributed by atoms with E-state index < -0.39 is 5.60 Å². The fraction of sp³-hybridized carbons (Fsp3) is 0.538. The molecule has 0 aliphatic carbocycles. The molecule has 1 unspecified atom stereocenters. The van der Waals surface area contributed by atoms with Gasteiger partial charge in [-0.2, -0.15) is 0 Å². The third-order valence-electron chi connectivity index (χ3n) is 3.07. The molecular formula is C13H19NO2. The Balaban J connectivity index is 1.99. The molecule has 1 aliphatic rings. The third kappa shape index (κ3) is 2.74. The lowest BCUT2D eigenvalue weighted by Gasteiger charge is -2.18. The number of ether oxygens (including phenoxy) is 1. The molecule has 1 N–H and O–H groups in total. The van der Waals surface area contributed by atoms with Crippen LogP contribution in [0.2, 0.25) is 0 Å². The average molecular weight is 221 g/mol. The lowest BCUT2D eigenvalue weighted by molar-refractivity contribution is 0.0679. The van der Waals surface area contributed by atoms with Gasteiger partial charge in [0.1, 0.15) is 5.75 Å². The van der Waals surface area contributed by atoms with Crippen LogP contribution in [-0.2, 0) is 6.54 Å². The number of nitrogens with zero attached hydrogens (tertiary/aromatic N) is 1. The van der Waals surface area contributed by atoms with Gasteiger partial charge >= 0.3 is 0 Å². The van der Waals surface area contributed by atoms with Crippen molar-refractivity contribution >= 4 is 0 Å². The molecule has 1 aromatic rings. The minimum atomic E-state index is -0.515. The number of rotatable bonds is 3. The Hall–Kier alpha value is -1.06. The second kappa shape index (κ2) is 4.44. The van der Waals surface area contributed by atoms with Crippen molar-refractivity contribution in [1.82, 2.24) is 4.90 Å². The van der Waals surface area contributed by atoms with Crippen LogP contribution >= 0.6 is 0 Å². The fourth-order valence-electron chi connectivity index (χ4n) is 2.20. The number of aliphatic hydroxyl groups is 1. The van der Waals surface area contributed by atoms with Crippen LogP contribution in [0, 0.1) is 0 Å². The highest BCUT2D eigenvalue weighted by molar-refractivity contribution is 5.28. The average Bonchev–Trinajstić information content (AvgIpc) is 2.58. The molecule has 1 saturated heterocycles. The number of likely N-dealkylation sites (tertiary alicyclic amines) is 1. The van der Waals surface area contributed by atoms with Gasteiger partial charge in [-0.25, -0.2) is 0 Å². The smallest absolute Gasteiger partial charge is 0.119 e. The molecule has 0 saturated carbocycles. The normalized spacial score (nSPS) is 25.9. The Morgan fingerprint density at radius 1 is 1.50 bits per heavy atom. The van der Waals surface area contributed by atoms with E-state index in [1.165, 1.54) is 5.56 Å². The van der Waals surface area contributed by atoms with E-state index in [-0.39, 0.29) is 0 Å². The molecule has 1 aromatic carbocycles. The first-order chi connectivity index (χ1) is 7.59. The number of β-amino-alcohol motifs (C(OH)–C–C–N with tert-alkyl or cyclic N) is 1. The summed E-state index contributed by atoms with van der Waals surface area (Å²) in [6, 6.07) is 8.09. The van der Waals surface area contributed by atoms with Crippen molar-refractivity contribution in [2.45, 2.75) is 25.5 Å². The first kappa shape index (κ1) is 11.4. The third-order valence-corrected chi connectivity index (χ3v) is 3.07. The van der Waals surface area contributed by atoms with Gasteiger partial charge in [-0.1, -0.05) is 12.1 Å². The summed E-state index contributed by atoms with van der Waals surface area (Å²) >= 11 is 0. The van der Waals surface area contributed by atoms with E-state index in [9.17, 15) is 5.11 Å². The van der Waals surface area contributed by atoms with E-state index >= 15 is 0 Å². The van der Waals surface area contributed by atoms with Crippen LogP contribution < -0.4 is 4.74 Å². The number of methoxy groups -OCH3 is 1. The first-order valence-corrected chi connectivity index (χ1v) is 5.67. The highest BCUT2D eigenvalue weighted by Gasteiger charge is 2.30. The molecule has 3 nitrogen and oxygen atoms in total. The summed E-state index contributed by atoms with van der Waals surface area (Å²) in [5, 5.41) is 9.88. The van der Waals surface area contributed by atoms with Crippen LogP contribution in [0.15, 0.2) is 24.3 Å². The zero-order valence-electron chi connectivity index (χ0n) is 9.94. The molecule has 1 heterocycles. The number of benzene rings is 1. The summed E-state index contributed by atoms with van der Waals surface area (Å²) in [6.07, 6.45) is 0.858. The quantitative estimate of drug-likeness (QED) is 0.842. The van der Waals surface area contributed by atoms with E-state index in [1.54, 1.807) is 7.11 Å². The van der Waals surface area contributed by atoms with Gasteiger partial charge in [-0.05, 0) is 31.0 Å². The standard InChI is InChI=1S/C13H19NO2/c1-13(15)6-7-14(10-13)9-11-4-3-5-12(8-11)16-2/h3-5,8,15H,6-7,9-10H2,1-2H3. The molecule has 2 rings (SSSR count). The maximum atomic E-state index is 9.88. The molecule has 16 heavy (non-hydrogen) atoms. The second-order valence-electron chi connectivity index (χ2n) is 4.81. The highest BCUT2D eigenvalue weighted by Crippen LogP contribution is 2.23. The summed E-state index contributed by atoms with van der Waals surface area (Å²) in [6.45, 7) is 4.50. The Bertz CT molecular complexity index is 363. The summed E-state index contributed by atoms with van der Waals surface area (Å²) in [4.78, 5) is 2.27. The van der Waals surface area contributed by atoms with Crippen molar-refractivity contribution in [3.63, 3.8) is 0 Å². The summed E-state index contributed by atoms with van der Waals surface area (Å²) in [7, 11) is 1.68. The van der Waals surface area contributed by atoms with Gasteiger partial charge in [-0.15, -0.1) is 0 Å². The Morgan fingerprint density at radius 2 is 2.31 bits per heavy atom. The lowest BCUT2D eigenvalue weighted by Crippen LogP contribution is -2.29. The highest BCUT2D eigenvalue weighted by atomic mass is 16.5. The molecule has 1 atom stereocenters. The Kier molecular flexibility index (Phi) is 3.17. The van der Waals surface area contributed by atoms with Crippen molar-refractivity contribution in [1.29, 1.82) is 0 Å². The number of hydrogen-bond acceptors (Lipinski definition) is 3. The SMILES string of the molecule is COc1cccc(CN2CCC(C)(O)C2)c1. The van der Waals surface area contributed by atoms with Crippen molar-refractivity contribution in [2.75, 3.05) is 20.2 Å². The van der Waals surface area contributed by atoms with Crippen LogP contribution in [0.5, 0.6) is 5.75 Å². The van der Waals surface area contributed by atoms with Gasteiger partial charge in [0.2, 0.25) is 0 Å². The molecule has 0 radical (unpaired) electrons. The summed E-state index contributed by atoms with van der Waals surface area (Å²) in [5.41, 5.74) is 0.718. The van der Waals surface area contributed by atoms with E-state index in [0.717, 1.165) is 31.8 Å². The fourth-order valence-corrected chi connectivity index (χ4v) is 2.20. The van der Waals surface area contributed by atoms with Gasteiger partial charge in [0.25, 0.3) is 0 Å².